The second kappa shape index (κ2) is 17.6. The van der Waals surface area contributed by atoms with E-state index in [-0.39, 0.29) is 70.4 Å². The standard InChI is InChI=1S/C15H28N2O4.K/c1-2-3-4-5-6-8-14(19)16-9-11-17(10-7-12-18)13-15(20)21;/h4-5,18H,2-3,6-13H2,1H3,(H,16,19)(H,20,21);/q;+1/p-1/b5-4+;. The third-order valence-corrected chi connectivity index (χ3v) is 2.84. The van der Waals surface area contributed by atoms with E-state index in [9.17, 15) is 9.90 Å². The van der Waals surface area contributed by atoms with Crippen LogP contribution in [0.1, 0.15) is 39.0 Å². The number of carboxylic acids is 1. The van der Waals surface area contributed by atoms with Crippen molar-refractivity contribution in [3.8, 4) is 0 Å². The number of allylic oxidation sites excluding steroid dienone is 2. The zero-order chi connectivity index (χ0) is 15.9. The summed E-state index contributed by atoms with van der Waals surface area (Å²) in [5.41, 5.74) is 0. The van der Waals surface area contributed by atoms with E-state index in [1.54, 1.807) is 4.90 Å². The molecule has 0 aliphatic rings. The number of carboxylic acid groups (broad SMARTS) is 1. The second-order valence-corrected chi connectivity index (χ2v) is 4.82. The van der Waals surface area contributed by atoms with E-state index in [0.29, 0.717) is 38.9 Å². The van der Waals surface area contributed by atoms with Crippen molar-refractivity contribution in [3.63, 3.8) is 0 Å². The second-order valence-electron chi connectivity index (χ2n) is 4.82. The Hall–Kier alpha value is 0.236. The third kappa shape index (κ3) is 16.6. The SMILES string of the molecule is CCC/C=C/CCC([O-])=NCCN(CCCO)CC(=O)O.[K+]. The van der Waals surface area contributed by atoms with Gasteiger partial charge in [-0.05, 0) is 31.6 Å². The smallest absolute Gasteiger partial charge is 0.862 e. The summed E-state index contributed by atoms with van der Waals surface area (Å²) >= 11 is 0. The molecule has 0 rings (SSSR count). The summed E-state index contributed by atoms with van der Waals surface area (Å²) in [6, 6.07) is 0. The molecule has 0 saturated carbocycles. The molecule has 0 aromatic carbocycles. The van der Waals surface area contributed by atoms with Gasteiger partial charge in [-0.25, -0.2) is 0 Å². The van der Waals surface area contributed by atoms with Crippen LogP contribution in [0.5, 0.6) is 0 Å². The van der Waals surface area contributed by atoms with Crippen molar-refractivity contribution in [2.75, 3.05) is 32.8 Å². The van der Waals surface area contributed by atoms with Crippen molar-refractivity contribution in [2.24, 2.45) is 4.99 Å². The van der Waals surface area contributed by atoms with Gasteiger partial charge in [0.05, 0.1) is 13.1 Å². The molecule has 0 aliphatic heterocycles. The summed E-state index contributed by atoms with van der Waals surface area (Å²) in [4.78, 5) is 16.3. The molecular weight excluding hydrogens is 311 g/mol. The third-order valence-electron chi connectivity index (χ3n) is 2.84. The van der Waals surface area contributed by atoms with Gasteiger partial charge < -0.3 is 20.3 Å². The van der Waals surface area contributed by atoms with Crippen molar-refractivity contribution < 1.29 is 71.5 Å². The van der Waals surface area contributed by atoms with E-state index in [4.69, 9.17) is 10.2 Å². The van der Waals surface area contributed by atoms with E-state index in [2.05, 4.69) is 18.0 Å². The van der Waals surface area contributed by atoms with Gasteiger partial charge in [0.2, 0.25) is 0 Å². The Bertz CT molecular complexity index is 336. The molecule has 7 heteroatoms. The Morgan fingerprint density at radius 3 is 2.55 bits per heavy atom. The van der Waals surface area contributed by atoms with Crippen LogP contribution in [0.15, 0.2) is 17.1 Å². The molecule has 0 radical (unpaired) electrons. The van der Waals surface area contributed by atoms with Crippen LogP contribution < -0.4 is 56.5 Å². The molecule has 22 heavy (non-hydrogen) atoms. The molecule has 0 spiro atoms. The van der Waals surface area contributed by atoms with E-state index in [0.717, 1.165) is 12.8 Å². The van der Waals surface area contributed by atoms with Crippen LogP contribution in [-0.2, 0) is 4.79 Å². The van der Waals surface area contributed by atoms with Crippen molar-refractivity contribution in [3.05, 3.63) is 12.2 Å². The average molecular weight is 338 g/mol. The summed E-state index contributed by atoms with van der Waals surface area (Å²) in [6.07, 6.45) is 7.80. The first kappa shape index (κ1) is 24.5. The number of rotatable bonds is 13. The first-order chi connectivity index (χ1) is 10.1. The molecule has 0 saturated heterocycles. The number of aliphatic imine (C=N–C) groups is 1. The van der Waals surface area contributed by atoms with Crippen LogP contribution >= 0.6 is 0 Å². The number of aliphatic carboxylic acids is 1. The number of unbranched alkanes of at least 4 members (excludes halogenated alkanes) is 1. The molecule has 0 aromatic heterocycles. The number of carbonyl (C=O) groups is 1. The minimum absolute atomic E-state index is 0. The normalized spacial score (nSPS) is 11.9. The maximum Gasteiger partial charge on any atom is 1.00 e. The van der Waals surface area contributed by atoms with E-state index >= 15 is 0 Å². The average Bonchev–Trinajstić information content (AvgIpc) is 2.43. The van der Waals surface area contributed by atoms with Crippen molar-refractivity contribution in [1.82, 2.24) is 4.90 Å². The van der Waals surface area contributed by atoms with Crippen molar-refractivity contribution in [1.29, 1.82) is 0 Å². The first-order valence-electron chi connectivity index (χ1n) is 7.50. The van der Waals surface area contributed by atoms with E-state index < -0.39 is 5.97 Å². The Balaban J connectivity index is 0. The van der Waals surface area contributed by atoms with Crippen LogP contribution in [0.25, 0.3) is 0 Å². The molecule has 0 aliphatic carbocycles. The predicted octanol–water partition coefficient (Wildman–Crippen LogP) is -2.35. The number of hydrogen-bond acceptors (Lipinski definition) is 5. The van der Waals surface area contributed by atoms with Gasteiger partial charge in [-0.3, -0.25) is 9.69 Å². The summed E-state index contributed by atoms with van der Waals surface area (Å²) in [5, 5.41) is 29.1. The van der Waals surface area contributed by atoms with E-state index in [1.165, 1.54) is 0 Å². The van der Waals surface area contributed by atoms with Gasteiger partial charge in [-0.1, -0.05) is 25.5 Å². The Kier molecular flexibility index (Phi) is 19.6. The molecule has 2 N–H and O–H groups in total. The number of nitrogens with zero attached hydrogens (tertiary/aromatic N) is 2. The van der Waals surface area contributed by atoms with Crippen LogP contribution in [0.3, 0.4) is 0 Å². The summed E-state index contributed by atoms with van der Waals surface area (Å²) in [5.74, 6) is -1.06. The van der Waals surface area contributed by atoms with Crippen LogP contribution in [0.2, 0.25) is 0 Å². The van der Waals surface area contributed by atoms with Crippen LogP contribution in [-0.4, -0.2) is 59.8 Å². The van der Waals surface area contributed by atoms with Crippen LogP contribution in [0, 0.1) is 0 Å². The summed E-state index contributed by atoms with van der Waals surface area (Å²) < 4.78 is 0. The van der Waals surface area contributed by atoms with E-state index in [1.807, 2.05) is 6.08 Å². The fourth-order valence-corrected chi connectivity index (χ4v) is 1.76. The van der Waals surface area contributed by atoms with Gasteiger partial charge in [0.15, 0.2) is 0 Å². The minimum Gasteiger partial charge on any atom is -0.862 e. The molecule has 0 heterocycles. The molecule has 6 nitrogen and oxygen atoms in total. The monoisotopic (exact) mass is 338 g/mol. The zero-order valence-electron chi connectivity index (χ0n) is 13.8. The van der Waals surface area contributed by atoms with Crippen molar-refractivity contribution in [2.45, 2.75) is 39.0 Å². The summed E-state index contributed by atoms with van der Waals surface area (Å²) in [6.45, 7) is 3.25. The predicted molar refractivity (Wildman–Crippen MR) is 81.4 cm³/mol. The maximum atomic E-state index is 11.5. The fraction of sp³-hybridized carbons (Fsp3) is 0.733. The van der Waals surface area contributed by atoms with Crippen molar-refractivity contribution >= 4 is 11.9 Å². The summed E-state index contributed by atoms with van der Waals surface area (Å²) in [7, 11) is 0. The molecule has 0 amide bonds. The molecule has 0 atom stereocenters. The first-order valence-corrected chi connectivity index (χ1v) is 7.50. The fourth-order valence-electron chi connectivity index (χ4n) is 1.76. The molecule has 122 valence electrons. The van der Waals surface area contributed by atoms with Gasteiger partial charge in [0, 0.05) is 19.7 Å². The largest absolute Gasteiger partial charge is 1.00 e. The number of aliphatic hydroxyl groups is 1. The van der Waals surface area contributed by atoms with Gasteiger partial charge >= 0.3 is 57.4 Å². The molecule has 0 aromatic rings. The quantitative estimate of drug-likeness (QED) is 0.170. The maximum absolute atomic E-state index is 11.5. The molecular formula is C15H27KN2O4. The van der Waals surface area contributed by atoms with Crippen LogP contribution in [0.4, 0.5) is 0 Å². The van der Waals surface area contributed by atoms with Gasteiger partial charge in [-0.15, -0.1) is 0 Å². The Morgan fingerprint density at radius 2 is 1.95 bits per heavy atom. The number of aliphatic hydroxyl groups excluding tert-OH is 1. The van der Waals surface area contributed by atoms with Gasteiger partial charge in [-0.2, -0.15) is 0 Å². The molecule has 0 bridgehead atoms. The topological polar surface area (TPSA) is 96.2 Å². The van der Waals surface area contributed by atoms with Gasteiger partial charge in [0.1, 0.15) is 0 Å². The molecule has 0 unspecified atom stereocenters. The molecule has 0 fully saturated rings. The van der Waals surface area contributed by atoms with Gasteiger partial charge in [0.25, 0.3) is 0 Å². The minimum atomic E-state index is -0.916. The Morgan fingerprint density at radius 1 is 1.27 bits per heavy atom. The number of hydrogen-bond donors (Lipinski definition) is 2. The zero-order valence-corrected chi connectivity index (χ0v) is 17.0. The Labute approximate surface area is 175 Å².